The largest absolute Gasteiger partial charge is 0.480 e. The van der Waals surface area contributed by atoms with Crippen molar-refractivity contribution >= 4 is 11.9 Å². The number of carboxylic acid groups (broad SMARTS) is 1. The van der Waals surface area contributed by atoms with Crippen molar-refractivity contribution in [3.05, 3.63) is 0 Å². The first kappa shape index (κ1) is 16.0. The number of carboxylic acids is 1. The lowest BCUT2D eigenvalue weighted by atomic mass is 9.77. The van der Waals surface area contributed by atoms with Crippen LogP contribution in [0.25, 0.3) is 0 Å². The fourth-order valence-corrected chi connectivity index (χ4v) is 2.62. The summed E-state index contributed by atoms with van der Waals surface area (Å²) in [6.45, 7) is 8.60. The Bertz CT molecular complexity index is 342. The Balaban J connectivity index is 2.88. The van der Waals surface area contributed by atoms with Crippen LogP contribution in [0.5, 0.6) is 0 Å². The lowest BCUT2D eigenvalue weighted by Gasteiger charge is -2.41. The molecule has 1 rings (SSSR count). The average Bonchev–Trinajstić information content (AvgIpc) is 2.33. The first-order valence-electron chi connectivity index (χ1n) is 7.05. The van der Waals surface area contributed by atoms with Gasteiger partial charge in [0.05, 0.1) is 6.04 Å². The first-order valence-corrected chi connectivity index (χ1v) is 7.05. The lowest BCUT2D eigenvalue weighted by molar-refractivity contribution is -0.149. The number of carbonyl (C=O) groups is 2. The Hall–Kier alpha value is -1.10. The molecule has 0 aliphatic carbocycles. The van der Waals surface area contributed by atoms with E-state index in [-0.39, 0.29) is 30.0 Å². The van der Waals surface area contributed by atoms with Gasteiger partial charge in [0.25, 0.3) is 0 Å². The van der Waals surface area contributed by atoms with E-state index in [2.05, 4.69) is 19.2 Å². The van der Waals surface area contributed by atoms with Crippen molar-refractivity contribution in [1.29, 1.82) is 0 Å². The molecule has 0 aromatic carbocycles. The van der Waals surface area contributed by atoms with Crippen molar-refractivity contribution in [3.8, 4) is 0 Å². The second kappa shape index (κ2) is 6.37. The Morgan fingerprint density at radius 1 is 1.47 bits per heavy atom. The molecule has 0 aromatic rings. The van der Waals surface area contributed by atoms with Gasteiger partial charge in [-0.2, -0.15) is 0 Å². The third kappa shape index (κ3) is 3.93. The Morgan fingerprint density at radius 2 is 2.11 bits per heavy atom. The summed E-state index contributed by atoms with van der Waals surface area (Å²) in [5.41, 5.74) is -0.125. The number of nitrogens with zero attached hydrogens (tertiary/aromatic N) is 1. The number of hydrogen-bond acceptors (Lipinski definition) is 3. The summed E-state index contributed by atoms with van der Waals surface area (Å²) in [6.07, 6.45) is 2.79. The molecule has 0 bridgehead atoms. The normalized spacial score (nSPS) is 23.7. The van der Waals surface area contributed by atoms with Crippen LogP contribution in [-0.4, -0.2) is 47.1 Å². The summed E-state index contributed by atoms with van der Waals surface area (Å²) in [7, 11) is 0. The fraction of sp³-hybridized carbons (Fsp3) is 0.857. The molecule has 1 fully saturated rings. The first-order chi connectivity index (χ1) is 8.79. The molecule has 1 saturated heterocycles. The molecule has 0 spiro atoms. The average molecular weight is 270 g/mol. The highest BCUT2D eigenvalue weighted by molar-refractivity contribution is 5.86. The number of rotatable bonds is 5. The molecule has 5 nitrogen and oxygen atoms in total. The summed E-state index contributed by atoms with van der Waals surface area (Å²) in [4.78, 5) is 25.1. The van der Waals surface area contributed by atoms with E-state index < -0.39 is 5.97 Å². The van der Waals surface area contributed by atoms with E-state index in [9.17, 15) is 9.59 Å². The molecule has 1 aliphatic rings. The zero-order valence-corrected chi connectivity index (χ0v) is 12.4. The maximum absolute atomic E-state index is 12.6. The SMILES string of the molecule is CCC(C)N(CC(=O)O)C(=O)C1NCCCC1(C)C. The van der Waals surface area contributed by atoms with E-state index in [4.69, 9.17) is 5.11 Å². The lowest BCUT2D eigenvalue weighted by Crippen LogP contribution is -2.58. The number of carbonyl (C=O) groups excluding carboxylic acids is 1. The Kier molecular flexibility index (Phi) is 5.35. The highest BCUT2D eigenvalue weighted by Crippen LogP contribution is 2.31. The van der Waals surface area contributed by atoms with Crippen LogP contribution in [0.1, 0.15) is 47.0 Å². The van der Waals surface area contributed by atoms with Crippen LogP contribution in [-0.2, 0) is 9.59 Å². The van der Waals surface area contributed by atoms with Gasteiger partial charge in [0.15, 0.2) is 0 Å². The summed E-state index contributed by atoms with van der Waals surface area (Å²) < 4.78 is 0. The molecular weight excluding hydrogens is 244 g/mol. The van der Waals surface area contributed by atoms with Crippen LogP contribution in [0.2, 0.25) is 0 Å². The molecular formula is C14H26N2O3. The molecule has 1 heterocycles. The Labute approximate surface area is 115 Å². The molecule has 5 heteroatoms. The maximum atomic E-state index is 12.6. The molecule has 2 atom stereocenters. The number of hydrogen-bond donors (Lipinski definition) is 2. The van der Waals surface area contributed by atoms with Crippen LogP contribution < -0.4 is 5.32 Å². The van der Waals surface area contributed by atoms with Crippen LogP contribution in [0, 0.1) is 5.41 Å². The van der Waals surface area contributed by atoms with E-state index in [1.54, 1.807) is 0 Å². The number of nitrogens with one attached hydrogen (secondary N) is 1. The molecule has 0 radical (unpaired) electrons. The van der Waals surface area contributed by atoms with E-state index >= 15 is 0 Å². The summed E-state index contributed by atoms with van der Waals surface area (Å²) >= 11 is 0. The minimum Gasteiger partial charge on any atom is -0.480 e. The standard InChI is InChI=1S/C14H26N2O3/c1-5-10(2)16(9-11(17)18)13(19)12-14(3,4)7-6-8-15-12/h10,12,15H,5-9H2,1-4H3,(H,17,18). The topological polar surface area (TPSA) is 69.6 Å². The predicted molar refractivity (Wildman–Crippen MR) is 73.9 cm³/mol. The zero-order valence-electron chi connectivity index (χ0n) is 12.4. The van der Waals surface area contributed by atoms with Crippen molar-refractivity contribution in [2.24, 2.45) is 5.41 Å². The van der Waals surface area contributed by atoms with Crippen molar-refractivity contribution in [1.82, 2.24) is 10.2 Å². The van der Waals surface area contributed by atoms with Gasteiger partial charge in [0.2, 0.25) is 5.91 Å². The monoisotopic (exact) mass is 270 g/mol. The smallest absolute Gasteiger partial charge is 0.323 e. The van der Waals surface area contributed by atoms with Gasteiger partial charge in [-0.3, -0.25) is 9.59 Å². The molecule has 110 valence electrons. The van der Waals surface area contributed by atoms with Crippen molar-refractivity contribution in [2.45, 2.75) is 59.0 Å². The highest BCUT2D eigenvalue weighted by Gasteiger charge is 2.40. The van der Waals surface area contributed by atoms with Gasteiger partial charge in [-0.05, 0) is 38.1 Å². The third-order valence-corrected chi connectivity index (χ3v) is 4.09. The number of aliphatic carboxylic acids is 1. The summed E-state index contributed by atoms with van der Waals surface area (Å²) in [6, 6.07) is -0.335. The number of piperidine rings is 1. The van der Waals surface area contributed by atoms with Gasteiger partial charge in [0.1, 0.15) is 6.54 Å². The van der Waals surface area contributed by atoms with Gasteiger partial charge < -0.3 is 15.3 Å². The van der Waals surface area contributed by atoms with Crippen molar-refractivity contribution < 1.29 is 14.7 Å². The maximum Gasteiger partial charge on any atom is 0.323 e. The molecule has 1 amide bonds. The molecule has 2 N–H and O–H groups in total. The molecule has 1 aliphatic heterocycles. The molecule has 0 aromatic heterocycles. The van der Waals surface area contributed by atoms with Crippen molar-refractivity contribution in [3.63, 3.8) is 0 Å². The van der Waals surface area contributed by atoms with Gasteiger partial charge in [-0.25, -0.2) is 0 Å². The van der Waals surface area contributed by atoms with Crippen LogP contribution in [0.15, 0.2) is 0 Å². The van der Waals surface area contributed by atoms with Gasteiger partial charge in [0, 0.05) is 6.04 Å². The Morgan fingerprint density at radius 3 is 2.58 bits per heavy atom. The zero-order chi connectivity index (χ0) is 14.6. The van der Waals surface area contributed by atoms with E-state index in [1.807, 2.05) is 13.8 Å². The minimum absolute atomic E-state index is 0.0527. The number of amides is 1. The second-order valence-electron chi connectivity index (χ2n) is 6.10. The van der Waals surface area contributed by atoms with E-state index in [1.165, 1.54) is 4.90 Å². The third-order valence-electron chi connectivity index (χ3n) is 4.09. The van der Waals surface area contributed by atoms with Gasteiger partial charge >= 0.3 is 5.97 Å². The molecule has 19 heavy (non-hydrogen) atoms. The predicted octanol–water partition coefficient (Wildman–Crippen LogP) is 1.48. The van der Waals surface area contributed by atoms with E-state index in [0.29, 0.717) is 0 Å². The quantitative estimate of drug-likeness (QED) is 0.794. The van der Waals surface area contributed by atoms with Crippen molar-refractivity contribution in [2.75, 3.05) is 13.1 Å². The molecule has 0 saturated carbocycles. The summed E-state index contributed by atoms with van der Waals surface area (Å²) in [5, 5.41) is 12.2. The van der Waals surface area contributed by atoms with Crippen LogP contribution in [0.4, 0.5) is 0 Å². The van der Waals surface area contributed by atoms with Gasteiger partial charge in [-0.1, -0.05) is 20.8 Å². The fourth-order valence-electron chi connectivity index (χ4n) is 2.62. The highest BCUT2D eigenvalue weighted by atomic mass is 16.4. The van der Waals surface area contributed by atoms with Crippen LogP contribution >= 0.6 is 0 Å². The van der Waals surface area contributed by atoms with Crippen LogP contribution in [0.3, 0.4) is 0 Å². The van der Waals surface area contributed by atoms with Gasteiger partial charge in [-0.15, -0.1) is 0 Å². The van der Waals surface area contributed by atoms with E-state index in [0.717, 1.165) is 25.8 Å². The summed E-state index contributed by atoms with van der Waals surface area (Å²) in [5.74, 6) is -1.04. The minimum atomic E-state index is -0.956. The molecule has 2 unspecified atom stereocenters. The second-order valence-corrected chi connectivity index (χ2v) is 6.10.